The van der Waals surface area contributed by atoms with Gasteiger partial charge in [0.15, 0.2) is 0 Å². The number of nitrogens with one attached hydrogen (secondary N) is 2. The molecule has 20 heavy (non-hydrogen) atoms. The van der Waals surface area contributed by atoms with Crippen molar-refractivity contribution in [3.63, 3.8) is 0 Å². The summed E-state index contributed by atoms with van der Waals surface area (Å²) in [6, 6.07) is 5.55. The molecule has 112 valence electrons. The molecule has 0 saturated carbocycles. The highest BCUT2D eigenvalue weighted by molar-refractivity contribution is 7.89. The lowest BCUT2D eigenvalue weighted by Crippen LogP contribution is -2.43. The Kier molecular flexibility index (Phi) is 5.12. The monoisotopic (exact) mass is 297 g/mol. The topological polar surface area (TPSA) is 71.1 Å². The quantitative estimate of drug-likeness (QED) is 0.819. The molecule has 1 aromatic heterocycles. The van der Waals surface area contributed by atoms with Gasteiger partial charge in [-0.2, -0.15) is 0 Å². The van der Waals surface area contributed by atoms with Crippen molar-refractivity contribution in [2.45, 2.75) is 26.2 Å². The fraction of sp³-hybridized carbons (Fsp3) is 0.643. The lowest BCUT2D eigenvalue weighted by molar-refractivity contribution is 0.232. The first-order valence-electron chi connectivity index (χ1n) is 7.07. The minimum absolute atomic E-state index is 0.0727. The third kappa shape index (κ3) is 4.85. The number of nitrogens with zero attached hydrogens (tertiary/aromatic N) is 1. The molecule has 6 heteroatoms. The molecule has 0 spiro atoms. The van der Waals surface area contributed by atoms with Gasteiger partial charge in [-0.1, -0.05) is 13.0 Å². The van der Waals surface area contributed by atoms with E-state index in [0.717, 1.165) is 31.6 Å². The third-order valence-electron chi connectivity index (χ3n) is 3.88. The highest BCUT2D eigenvalue weighted by Crippen LogP contribution is 2.26. The Bertz CT molecular complexity index is 510. The number of piperidine rings is 1. The van der Waals surface area contributed by atoms with E-state index in [2.05, 4.69) is 21.9 Å². The lowest BCUT2D eigenvalue weighted by Gasteiger charge is -2.34. The summed E-state index contributed by atoms with van der Waals surface area (Å²) < 4.78 is 26.8. The largest absolute Gasteiger partial charge is 0.317 e. The zero-order chi connectivity index (χ0) is 14.5. The van der Waals surface area contributed by atoms with E-state index in [9.17, 15) is 8.42 Å². The van der Waals surface area contributed by atoms with E-state index in [4.69, 9.17) is 0 Å². The third-order valence-corrected chi connectivity index (χ3v) is 5.21. The zero-order valence-electron chi connectivity index (χ0n) is 11.9. The SMILES string of the molecule is CC1(CNS(=O)(=O)CCc2ccccn2)CCNCC1. The summed E-state index contributed by atoms with van der Waals surface area (Å²) in [7, 11) is -3.23. The second-order valence-electron chi connectivity index (χ2n) is 5.77. The highest BCUT2D eigenvalue weighted by Gasteiger charge is 2.28. The first kappa shape index (κ1) is 15.4. The van der Waals surface area contributed by atoms with Crippen molar-refractivity contribution in [2.24, 2.45) is 5.41 Å². The van der Waals surface area contributed by atoms with E-state index in [0.29, 0.717) is 13.0 Å². The second-order valence-corrected chi connectivity index (χ2v) is 7.70. The predicted molar refractivity (Wildman–Crippen MR) is 79.9 cm³/mol. The molecule has 2 rings (SSSR count). The standard InChI is InChI=1S/C14H23N3O2S/c1-14(6-9-15-10-7-14)12-17-20(18,19)11-5-13-4-2-3-8-16-13/h2-4,8,15,17H,5-7,9-12H2,1H3. The molecule has 0 radical (unpaired) electrons. The van der Waals surface area contributed by atoms with Crippen LogP contribution in [0.5, 0.6) is 0 Å². The number of sulfonamides is 1. The molecule has 0 unspecified atom stereocenters. The Labute approximate surface area is 121 Å². The predicted octanol–water partition coefficient (Wildman–Crippen LogP) is 0.933. The van der Waals surface area contributed by atoms with E-state index in [1.165, 1.54) is 0 Å². The highest BCUT2D eigenvalue weighted by atomic mass is 32.2. The molecule has 0 aliphatic carbocycles. The number of pyridine rings is 1. The van der Waals surface area contributed by atoms with Crippen molar-refractivity contribution >= 4 is 10.0 Å². The van der Waals surface area contributed by atoms with Gasteiger partial charge in [-0.15, -0.1) is 0 Å². The van der Waals surface area contributed by atoms with Crippen molar-refractivity contribution < 1.29 is 8.42 Å². The molecule has 2 heterocycles. The molecule has 1 aromatic rings. The number of rotatable bonds is 6. The number of aryl methyl sites for hydroxylation is 1. The van der Waals surface area contributed by atoms with Gasteiger partial charge in [-0.05, 0) is 43.5 Å². The van der Waals surface area contributed by atoms with Crippen molar-refractivity contribution in [3.05, 3.63) is 30.1 Å². The molecule has 1 fully saturated rings. The summed E-state index contributed by atoms with van der Waals surface area (Å²) in [6.45, 7) is 4.60. The van der Waals surface area contributed by atoms with Gasteiger partial charge in [-0.25, -0.2) is 13.1 Å². The van der Waals surface area contributed by atoms with E-state index in [1.807, 2.05) is 18.2 Å². The molecule has 0 atom stereocenters. The summed E-state index contributed by atoms with van der Waals surface area (Å²) in [5.41, 5.74) is 0.884. The maximum atomic E-state index is 12.0. The normalized spacial score (nSPS) is 18.9. The number of hydrogen-bond donors (Lipinski definition) is 2. The molecule has 1 aliphatic rings. The number of aromatic nitrogens is 1. The molecular formula is C14H23N3O2S. The molecule has 1 saturated heterocycles. The van der Waals surface area contributed by atoms with Crippen molar-refractivity contribution in [3.8, 4) is 0 Å². The average Bonchev–Trinajstić information content (AvgIpc) is 2.46. The van der Waals surface area contributed by atoms with Gasteiger partial charge in [-0.3, -0.25) is 4.98 Å². The van der Waals surface area contributed by atoms with E-state index < -0.39 is 10.0 Å². The number of hydrogen-bond acceptors (Lipinski definition) is 4. The molecule has 5 nitrogen and oxygen atoms in total. The molecule has 0 bridgehead atoms. The summed E-state index contributed by atoms with van der Waals surface area (Å²) in [5.74, 6) is 0.0956. The fourth-order valence-corrected chi connectivity index (χ4v) is 3.54. The Balaban J connectivity index is 1.82. The smallest absolute Gasteiger partial charge is 0.211 e. The summed E-state index contributed by atoms with van der Waals surface area (Å²) >= 11 is 0. The van der Waals surface area contributed by atoms with E-state index in [1.54, 1.807) is 6.20 Å². The van der Waals surface area contributed by atoms with Gasteiger partial charge in [0.05, 0.1) is 5.75 Å². The van der Waals surface area contributed by atoms with Crippen molar-refractivity contribution in [1.29, 1.82) is 0 Å². The Hall–Kier alpha value is -0.980. The van der Waals surface area contributed by atoms with Crippen LogP contribution in [0.4, 0.5) is 0 Å². The summed E-state index contributed by atoms with van der Waals surface area (Å²) in [5, 5.41) is 3.30. The van der Waals surface area contributed by atoms with E-state index in [-0.39, 0.29) is 11.2 Å². The van der Waals surface area contributed by atoms with Crippen LogP contribution in [-0.4, -0.2) is 38.8 Å². The van der Waals surface area contributed by atoms with Crippen LogP contribution >= 0.6 is 0 Å². The van der Waals surface area contributed by atoms with Gasteiger partial charge in [0.2, 0.25) is 10.0 Å². The van der Waals surface area contributed by atoms with Crippen LogP contribution in [0.15, 0.2) is 24.4 Å². The van der Waals surface area contributed by atoms with Crippen LogP contribution in [0, 0.1) is 5.41 Å². The van der Waals surface area contributed by atoms with Gasteiger partial charge in [0.25, 0.3) is 0 Å². The maximum absolute atomic E-state index is 12.0. The minimum atomic E-state index is -3.23. The minimum Gasteiger partial charge on any atom is -0.317 e. The Morgan fingerprint density at radius 2 is 2.10 bits per heavy atom. The van der Waals surface area contributed by atoms with Gasteiger partial charge >= 0.3 is 0 Å². The molecular weight excluding hydrogens is 274 g/mol. The van der Waals surface area contributed by atoms with Crippen molar-refractivity contribution in [1.82, 2.24) is 15.0 Å². The maximum Gasteiger partial charge on any atom is 0.211 e. The molecule has 2 N–H and O–H groups in total. The lowest BCUT2D eigenvalue weighted by atomic mass is 9.81. The Morgan fingerprint density at radius 1 is 1.35 bits per heavy atom. The van der Waals surface area contributed by atoms with E-state index >= 15 is 0 Å². The van der Waals surface area contributed by atoms with Gasteiger partial charge in [0.1, 0.15) is 0 Å². The van der Waals surface area contributed by atoms with Crippen LogP contribution in [0.3, 0.4) is 0 Å². The molecule has 0 aromatic carbocycles. The first-order chi connectivity index (χ1) is 9.49. The van der Waals surface area contributed by atoms with Crippen LogP contribution < -0.4 is 10.0 Å². The van der Waals surface area contributed by atoms with Crippen molar-refractivity contribution in [2.75, 3.05) is 25.4 Å². The fourth-order valence-electron chi connectivity index (χ4n) is 2.35. The summed E-state index contributed by atoms with van der Waals surface area (Å²) in [4.78, 5) is 4.14. The van der Waals surface area contributed by atoms with Crippen LogP contribution in [0.1, 0.15) is 25.5 Å². The molecule has 1 aliphatic heterocycles. The van der Waals surface area contributed by atoms with Gasteiger partial charge in [0, 0.05) is 24.9 Å². The Morgan fingerprint density at radius 3 is 2.75 bits per heavy atom. The average molecular weight is 297 g/mol. The zero-order valence-corrected chi connectivity index (χ0v) is 12.7. The van der Waals surface area contributed by atoms with Crippen LogP contribution in [-0.2, 0) is 16.4 Å². The molecule has 0 amide bonds. The van der Waals surface area contributed by atoms with Gasteiger partial charge < -0.3 is 5.32 Å². The second kappa shape index (κ2) is 6.65. The van der Waals surface area contributed by atoms with Crippen LogP contribution in [0.2, 0.25) is 0 Å². The van der Waals surface area contributed by atoms with Crippen LogP contribution in [0.25, 0.3) is 0 Å². The first-order valence-corrected chi connectivity index (χ1v) is 8.72. The summed E-state index contributed by atoms with van der Waals surface area (Å²) in [6.07, 6.45) is 4.16.